The van der Waals surface area contributed by atoms with E-state index in [-0.39, 0.29) is 0 Å². The number of halogens is 1. The SMILES string of the molecule is Cc1cnc(CNc2nc3cccc(Cl)c3s2)s1. The van der Waals surface area contributed by atoms with Gasteiger partial charge in [-0.25, -0.2) is 9.97 Å². The van der Waals surface area contributed by atoms with Gasteiger partial charge in [-0.3, -0.25) is 0 Å². The summed E-state index contributed by atoms with van der Waals surface area (Å²) >= 11 is 9.39. The summed E-state index contributed by atoms with van der Waals surface area (Å²) in [6.45, 7) is 2.76. The van der Waals surface area contributed by atoms with Crippen molar-refractivity contribution in [2.45, 2.75) is 13.5 Å². The highest BCUT2D eigenvalue weighted by molar-refractivity contribution is 7.22. The predicted molar refractivity (Wildman–Crippen MR) is 78.8 cm³/mol. The molecule has 1 aromatic carbocycles. The van der Waals surface area contributed by atoms with Crippen LogP contribution in [0, 0.1) is 6.92 Å². The number of nitrogens with one attached hydrogen (secondary N) is 1. The summed E-state index contributed by atoms with van der Waals surface area (Å²) in [6, 6.07) is 5.77. The van der Waals surface area contributed by atoms with Crippen LogP contribution in [0.2, 0.25) is 5.02 Å². The molecule has 0 amide bonds. The van der Waals surface area contributed by atoms with Crippen molar-refractivity contribution in [3.05, 3.63) is 39.3 Å². The first-order valence-corrected chi connectivity index (χ1v) is 7.44. The quantitative estimate of drug-likeness (QED) is 0.781. The minimum Gasteiger partial charge on any atom is -0.355 e. The molecule has 3 nitrogen and oxygen atoms in total. The molecule has 3 aromatic rings. The number of nitrogens with zero attached hydrogens (tertiary/aromatic N) is 2. The van der Waals surface area contributed by atoms with E-state index in [9.17, 15) is 0 Å². The molecule has 0 bridgehead atoms. The summed E-state index contributed by atoms with van der Waals surface area (Å²) in [4.78, 5) is 10.0. The van der Waals surface area contributed by atoms with Gasteiger partial charge in [0.15, 0.2) is 5.13 Å². The average Bonchev–Trinajstić information content (AvgIpc) is 2.93. The third-order valence-corrected chi connectivity index (χ3v) is 4.83. The van der Waals surface area contributed by atoms with E-state index in [4.69, 9.17) is 11.6 Å². The van der Waals surface area contributed by atoms with Gasteiger partial charge < -0.3 is 5.32 Å². The third-order valence-electron chi connectivity index (χ3n) is 2.43. The van der Waals surface area contributed by atoms with Crippen molar-refractivity contribution < 1.29 is 0 Å². The highest BCUT2D eigenvalue weighted by atomic mass is 35.5. The molecule has 18 heavy (non-hydrogen) atoms. The Kier molecular flexibility index (Phi) is 3.20. The smallest absolute Gasteiger partial charge is 0.184 e. The molecule has 0 aliphatic rings. The van der Waals surface area contributed by atoms with E-state index in [1.807, 2.05) is 24.4 Å². The van der Waals surface area contributed by atoms with Crippen molar-refractivity contribution in [2.75, 3.05) is 5.32 Å². The van der Waals surface area contributed by atoms with Gasteiger partial charge in [-0.1, -0.05) is 29.0 Å². The third kappa shape index (κ3) is 2.34. The van der Waals surface area contributed by atoms with Crippen molar-refractivity contribution in [3.8, 4) is 0 Å². The van der Waals surface area contributed by atoms with Crippen LogP contribution in [0.15, 0.2) is 24.4 Å². The van der Waals surface area contributed by atoms with Crippen LogP contribution < -0.4 is 5.32 Å². The van der Waals surface area contributed by atoms with Crippen molar-refractivity contribution >= 4 is 49.6 Å². The molecule has 0 saturated heterocycles. The number of aromatic nitrogens is 2. The lowest BCUT2D eigenvalue weighted by atomic mass is 10.3. The van der Waals surface area contributed by atoms with Crippen molar-refractivity contribution in [2.24, 2.45) is 0 Å². The van der Waals surface area contributed by atoms with Gasteiger partial charge in [0.05, 0.1) is 21.8 Å². The molecule has 2 heterocycles. The Morgan fingerprint density at radius 1 is 1.33 bits per heavy atom. The second kappa shape index (κ2) is 4.84. The van der Waals surface area contributed by atoms with Crippen molar-refractivity contribution in [1.29, 1.82) is 0 Å². The Bertz CT molecular complexity index is 690. The van der Waals surface area contributed by atoms with E-state index in [0.29, 0.717) is 6.54 Å². The topological polar surface area (TPSA) is 37.8 Å². The molecule has 6 heteroatoms. The van der Waals surface area contributed by atoms with E-state index in [0.717, 1.165) is 25.4 Å². The number of fused-ring (bicyclic) bond motifs is 1. The fourth-order valence-corrected chi connectivity index (χ4v) is 3.50. The summed E-state index contributed by atoms with van der Waals surface area (Å²) in [5.41, 5.74) is 0.935. The van der Waals surface area contributed by atoms with Crippen LogP contribution in [0.25, 0.3) is 10.2 Å². The van der Waals surface area contributed by atoms with E-state index in [1.54, 1.807) is 22.7 Å². The second-order valence-electron chi connectivity index (χ2n) is 3.83. The normalized spacial score (nSPS) is 11.0. The standard InChI is InChI=1S/C12H10ClN3S2/c1-7-5-14-10(17-7)6-15-12-16-9-4-2-3-8(13)11(9)18-12/h2-5H,6H2,1H3,(H,15,16). The second-order valence-corrected chi connectivity index (χ2v) is 6.55. The van der Waals surface area contributed by atoms with Crippen LogP contribution in [-0.4, -0.2) is 9.97 Å². The van der Waals surface area contributed by atoms with Crippen LogP contribution in [0.3, 0.4) is 0 Å². The largest absolute Gasteiger partial charge is 0.355 e. The lowest BCUT2D eigenvalue weighted by Crippen LogP contribution is -1.97. The zero-order valence-electron chi connectivity index (χ0n) is 9.61. The molecule has 0 fully saturated rings. The number of hydrogen-bond acceptors (Lipinski definition) is 5. The summed E-state index contributed by atoms with van der Waals surface area (Å²) < 4.78 is 1.02. The van der Waals surface area contributed by atoms with E-state index in [2.05, 4.69) is 22.2 Å². The highest BCUT2D eigenvalue weighted by Crippen LogP contribution is 2.31. The Morgan fingerprint density at radius 3 is 2.94 bits per heavy atom. The van der Waals surface area contributed by atoms with E-state index in [1.165, 1.54) is 4.88 Å². The minimum absolute atomic E-state index is 0.704. The van der Waals surface area contributed by atoms with Gasteiger partial charge in [0.1, 0.15) is 5.01 Å². The molecule has 3 rings (SSSR count). The zero-order valence-corrected chi connectivity index (χ0v) is 12.0. The van der Waals surface area contributed by atoms with Gasteiger partial charge in [-0.05, 0) is 19.1 Å². The van der Waals surface area contributed by atoms with Gasteiger partial charge in [0.25, 0.3) is 0 Å². The van der Waals surface area contributed by atoms with Crippen molar-refractivity contribution in [3.63, 3.8) is 0 Å². The number of thiazole rings is 2. The molecule has 0 aliphatic heterocycles. The summed E-state index contributed by atoms with van der Waals surface area (Å²) in [6.07, 6.45) is 1.89. The Labute approximate surface area is 117 Å². The molecular weight excluding hydrogens is 286 g/mol. The first kappa shape index (κ1) is 11.9. The van der Waals surface area contributed by atoms with Gasteiger partial charge in [0, 0.05) is 11.1 Å². The van der Waals surface area contributed by atoms with E-state index < -0.39 is 0 Å². The monoisotopic (exact) mass is 295 g/mol. The minimum atomic E-state index is 0.704. The molecular formula is C12H10ClN3S2. The van der Waals surface area contributed by atoms with Crippen LogP contribution in [-0.2, 0) is 6.54 Å². The van der Waals surface area contributed by atoms with Crippen LogP contribution in [0.5, 0.6) is 0 Å². The van der Waals surface area contributed by atoms with E-state index >= 15 is 0 Å². The first-order valence-electron chi connectivity index (χ1n) is 5.42. The molecule has 0 spiro atoms. The highest BCUT2D eigenvalue weighted by Gasteiger charge is 2.07. The number of aryl methyl sites for hydroxylation is 1. The van der Waals surface area contributed by atoms with Gasteiger partial charge in [0.2, 0.25) is 0 Å². The average molecular weight is 296 g/mol. The maximum absolute atomic E-state index is 6.12. The lowest BCUT2D eigenvalue weighted by Gasteiger charge is -1.97. The van der Waals surface area contributed by atoms with Gasteiger partial charge in [-0.2, -0.15) is 0 Å². The van der Waals surface area contributed by atoms with Gasteiger partial charge in [-0.15, -0.1) is 11.3 Å². The summed E-state index contributed by atoms with van der Waals surface area (Å²) in [5, 5.41) is 5.99. The molecule has 2 aromatic heterocycles. The molecule has 0 unspecified atom stereocenters. The predicted octanol–water partition coefficient (Wildman–Crippen LogP) is 4.33. The maximum atomic E-state index is 6.12. The van der Waals surface area contributed by atoms with Crippen LogP contribution in [0.4, 0.5) is 5.13 Å². The van der Waals surface area contributed by atoms with Gasteiger partial charge >= 0.3 is 0 Å². The Balaban J connectivity index is 1.81. The van der Waals surface area contributed by atoms with Crippen LogP contribution >= 0.6 is 34.3 Å². The molecule has 0 saturated carbocycles. The number of rotatable bonds is 3. The fourth-order valence-electron chi connectivity index (χ4n) is 1.63. The summed E-state index contributed by atoms with van der Waals surface area (Å²) in [5.74, 6) is 0. The maximum Gasteiger partial charge on any atom is 0.184 e. The molecule has 0 radical (unpaired) electrons. The fraction of sp³-hybridized carbons (Fsp3) is 0.167. The lowest BCUT2D eigenvalue weighted by molar-refractivity contribution is 1.10. The van der Waals surface area contributed by atoms with Crippen molar-refractivity contribution in [1.82, 2.24) is 9.97 Å². The van der Waals surface area contributed by atoms with Crippen LogP contribution in [0.1, 0.15) is 9.88 Å². The first-order chi connectivity index (χ1) is 8.72. The number of benzene rings is 1. The molecule has 1 N–H and O–H groups in total. The Hall–Kier alpha value is -1.17. The molecule has 92 valence electrons. The zero-order chi connectivity index (χ0) is 12.5. The molecule has 0 aliphatic carbocycles. The Morgan fingerprint density at radius 2 is 2.22 bits per heavy atom. The number of anilines is 1. The molecule has 0 atom stereocenters. The number of hydrogen-bond donors (Lipinski definition) is 1. The summed E-state index contributed by atoms with van der Waals surface area (Å²) in [7, 11) is 0.